The summed E-state index contributed by atoms with van der Waals surface area (Å²) in [5, 5.41) is 10.2. The lowest BCUT2D eigenvalue weighted by molar-refractivity contribution is -0.132. The maximum atomic E-state index is 10.2. The van der Waals surface area contributed by atoms with Crippen molar-refractivity contribution in [3.8, 4) is 6.01 Å². The summed E-state index contributed by atoms with van der Waals surface area (Å²) >= 11 is 0. The summed E-state index contributed by atoms with van der Waals surface area (Å²) in [6.45, 7) is 3.19. The molecule has 0 amide bonds. The fraction of sp³-hybridized carbons (Fsp3) is 0.714. The monoisotopic (exact) mass is 279 g/mol. The van der Waals surface area contributed by atoms with Crippen LogP contribution in [-0.2, 0) is 11.3 Å². The average molecular weight is 279 g/mol. The van der Waals surface area contributed by atoms with Crippen molar-refractivity contribution in [1.29, 1.82) is 0 Å². The second kappa shape index (κ2) is 5.63. The second-order valence-electron chi connectivity index (χ2n) is 5.61. The number of hydrogen-bond acceptors (Lipinski definition) is 6. The number of aliphatic hydroxyl groups is 1. The molecule has 0 radical (unpaired) electrons. The molecule has 3 rings (SSSR count). The van der Waals surface area contributed by atoms with Crippen LogP contribution in [-0.4, -0.2) is 58.5 Å². The van der Waals surface area contributed by atoms with Crippen LogP contribution in [0.1, 0.15) is 24.8 Å². The molecule has 110 valence electrons. The van der Waals surface area contributed by atoms with E-state index in [1.165, 1.54) is 0 Å². The van der Waals surface area contributed by atoms with Crippen LogP contribution in [0.15, 0.2) is 12.4 Å². The standard InChI is InChI=1S/C14H21N3O3/c1-19-13-15-7-11(8-16-13)9-17-5-3-12(18)14(10-17)4-2-6-20-14/h7-8,12,18H,2-6,9-10H2,1H3/t12-,14-/m0/s1. The molecule has 6 nitrogen and oxygen atoms in total. The maximum absolute atomic E-state index is 10.2. The van der Waals surface area contributed by atoms with Crippen molar-refractivity contribution in [2.45, 2.75) is 37.5 Å². The Balaban J connectivity index is 1.65. The fourth-order valence-electron chi connectivity index (χ4n) is 3.16. The van der Waals surface area contributed by atoms with Crippen LogP contribution in [0.25, 0.3) is 0 Å². The lowest BCUT2D eigenvalue weighted by atomic mass is 9.87. The summed E-state index contributed by atoms with van der Waals surface area (Å²) in [5.74, 6) is 0. The van der Waals surface area contributed by atoms with Crippen molar-refractivity contribution >= 4 is 0 Å². The van der Waals surface area contributed by atoms with Crippen LogP contribution < -0.4 is 4.74 Å². The molecule has 2 aliphatic heterocycles. The molecule has 1 aromatic rings. The van der Waals surface area contributed by atoms with E-state index in [4.69, 9.17) is 9.47 Å². The Hall–Kier alpha value is -1.24. The summed E-state index contributed by atoms with van der Waals surface area (Å²) in [4.78, 5) is 10.6. The number of ether oxygens (including phenoxy) is 2. The SMILES string of the molecule is COc1ncc(CN2CC[C@H](O)[C@]3(CCCO3)C2)cn1. The number of hydrogen-bond donors (Lipinski definition) is 1. The maximum Gasteiger partial charge on any atom is 0.316 e. The zero-order valence-electron chi connectivity index (χ0n) is 11.8. The Bertz CT molecular complexity index is 445. The van der Waals surface area contributed by atoms with E-state index in [9.17, 15) is 5.11 Å². The van der Waals surface area contributed by atoms with E-state index in [2.05, 4.69) is 14.9 Å². The molecule has 2 fully saturated rings. The first kappa shape index (κ1) is 13.7. The quantitative estimate of drug-likeness (QED) is 0.874. The van der Waals surface area contributed by atoms with E-state index < -0.39 is 0 Å². The molecule has 3 heterocycles. The summed E-state index contributed by atoms with van der Waals surface area (Å²) in [5.41, 5.74) is 0.696. The van der Waals surface area contributed by atoms with Gasteiger partial charge in [0.05, 0.1) is 13.2 Å². The fourth-order valence-corrected chi connectivity index (χ4v) is 3.16. The smallest absolute Gasteiger partial charge is 0.316 e. The van der Waals surface area contributed by atoms with Crippen LogP contribution in [0.5, 0.6) is 6.01 Å². The third-order valence-electron chi connectivity index (χ3n) is 4.22. The minimum Gasteiger partial charge on any atom is -0.467 e. The van der Waals surface area contributed by atoms with Gasteiger partial charge in [-0.25, -0.2) is 9.97 Å². The third-order valence-corrected chi connectivity index (χ3v) is 4.22. The molecule has 0 bridgehead atoms. The third kappa shape index (κ3) is 2.63. The lowest BCUT2D eigenvalue weighted by Crippen LogP contribution is -2.56. The molecule has 0 aliphatic carbocycles. The minimum atomic E-state index is -0.356. The number of piperidine rings is 1. The Morgan fingerprint density at radius 1 is 1.50 bits per heavy atom. The first-order chi connectivity index (χ1) is 9.72. The minimum absolute atomic E-state index is 0.339. The highest BCUT2D eigenvalue weighted by molar-refractivity contribution is 5.08. The zero-order valence-corrected chi connectivity index (χ0v) is 11.8. The van der Waals surface area contributed by atoms with Gasteiger partial charge in [0.15, 0.2) is 0 Å². The van der Waals surface area contributed by atoms with Gasteiger partial charge in [0.1, 0.15) is 5.60 Å². The topological polar surface area (TPSA) is 67.7 Å². The van der Waals surface area contributed by atoms with Crippen molar-refractivity contribution in [2.24, 2.45) is 0 Å². The first-order valence-electron chi connectivity index (χ1n) is 7.11. The number of methoxy groups -OCH3 is 1. The van der Waals surface area contributed by atoms with Crippen molar-refractivity contribution in [1.82, 2.24) is 14.9 Å². The van der Waals surface area contributed by atoms with E-state index in [-0.39, 0.29) is 11.7 Å². The molecule has 1 spiro atoms. The van der Waals surface area contributed by atoms with Crippen LogP contribution >= 0.6 is 0 Å². The van der Waals surface area contributed by atoms with Crippen molar-refractivity contribution in [3.63, 3.8) is 0 Å². The Morgan fingerprint density at radius 2 is 2.30 bits per heavy atom. The molecule has 2 saturated heterocycles. The largest absolute Gasteiger partial charge is 0.467 e. The van der Waals surface area contributed by atoms with Gasteiger partial charge < -0.3 is 14.6 Å². The van der Waals surface area contributed by atoms with Gasteiger partial charge in [-0.3, -0.25) is 4.90 Å². The van der Waals surface area contributed by atoms with E-state index in [1.807, 2.05) is 0 Å². The van der Waals surface area contributed by atoms with Gasteiger partial charge >= 0.3 is 6.01 Å². The molecule has 1 N–H and O–H groups in total. The van der Waals surface area contributed by atoms with Crippen LogP contribution in [0.4, 0.5) is 0 Å². The predicted molar refractivity (Wildman–Crippen MR) is 72.4 cm³/mol. The highest BCUT2D eigenvalue weighted by atomic mass is 16.5. The number of aromatic nitrogens is 2. The van der Waals surface area contributed by atoms with Gasteiger partial charge in [0, 0.05) is 44.2 Å². The molecule has 0 saturated carbocycles. The molecule has 0 unspecified atom stereocenters. The molecular weight excluding hydrogens is 258 g/mol. The summed E-state index contributed by atoms with van der Waals surface area (Å²) < 4.78 is 10.8. The molecule has 20 heavy (non-hydrogen) atoms. The normalized spacial score (nSPS) is 30.8. The van der Waals surface area contributed by atoms with E-state index >= 15 is 0 Å². The number of aliphatic hydroxyl groups excluding tert-OH is 1. The van der Waals surface area contributed by atoms with E-state index in [0.29, 0.717) is 6.01 Å². The first-order valence-corrected chi connectivity index (χ1v) is 7.11. The molecular formula is C14H21N3O3. The molecule has 0 aromatic carbocycles. The van der Waals surface area contributed by atoms with Gasteiger partial charge in [-0.15, -0.1) is 0 Å². The van der Waals surface area contributed by atoms with Crippen LogP contribution in [0.3, 0.4) is 0 Å². The Kier molecular flexibility index (Phi) is 3.87. The number of rotatable bonds is 3. The van der Waals surface area contributed by atoms with Crippen LogP contribution in [0.2, 0.25) is 0 Å². The van der Waals surface area contributed by atoms with E-state index in [1.54, 1.807) is 19.5 Å². The van der Waals surface area contributed by atoms with Gasteiger partial charge in [0.25, 0.3) is 0 Å². The van der Waals surface area contributed by atoms with Crippen LogP contribution in [0, 0.1) is 0 Å². The van der Waals surface area contributed by atoms with E-state index in [0.717, 1.165) is 51.1 Å². The highest BCUT2D eigenvalue weighted by Gasteiger charge is 2.45. The van der Waals surface area contributed by atoms with Gasteiger partial charge in [-0.05, 0) is 19.3 Å². The van der Waals surface area contributed by atoms with Crippen molar-refractivity contribution in [2.75, 3.05) is 26.8 Å². The highest BCUT2D eigenvalue weighted by Crippen LogP contribution is 2.35. The Morgan fingerprint density at radius 3 is 2.95 bits per heavy atom. The Labute approximate surface area is 118 Å². The zero-order chi connectivity index (χ0) is 14.0. The summed E-state index contributed by atoms with van der Waals surface area (Å²) in [6.07, 6.45) is 5.99. The lowest BCUT2D eigenvalue weighted by Gasteiger charge is -2.43. The molecule has 2 atom stereocenters. The average Bonchev–Trinajstić information content (AvgIpc) is 2.93. The van der Waals surface area contributed by atoms with Crippen molar-refractivity contribution in [3.05, 3.63) is 18.0 Å². The summed E-state index contributed by atoms with van der Waals surface area (Å²) in [7, 11) is 1.56. The number of nitrogens with zero attached hydrogens (tertiary/aromatic N) is 3. The number of likely N-dealkylation sites (tertiary alicyclic amines) is 1. The second-order valence-corrected chi connectivity index (χ2v) is 5.61. The molecule has 1 aromatic heterocycles. The van der Waals surface area contributed by atoms with Gasteiger partial charge in [-0.2, -0.15) is 0 Å². The van der Waals surface area contributed by atoms with Crippen molar-refractivity contribution < 1.29 is 14.6 Å². The molecule has 6 heteroatoms. The van der Waals surface area contributed by atoms with Gasteiger partial charge in [-0.1, -0.05) is 0 Å². The summed E-state index contributed by atoms with van der Waals surface area (Å²) in [6, 6.07) is 0.387. The molecule has 2 aliphatic rings. The predicted octanol–water partition coefficient (Wildman–Crippen LogP) is 0.601. The van der Waals surface area contributed by atoms with Gasteiger partial charge in [0.2, 0.25) is 0 Å².